The fraction of sp³-hybridized carbons (Fsp3) is 0.286. The van der Waals surface area contributed by atoms with Crippen molar-refractivity contribution in [2.45, 2.75) is 32.3 Å². The summed E-state index contributed by atoms with van der Waals surface area (Å²) in [6.07, 6.45) is 8.03. The number of hydrogen-bond acceptors (Lipinski definition) is 5. The van der Waals surface area contributed by atoms with Gasteiger partial charge in [-0.1, -0.05) is 6.07 Å². The van der Waals surface area contributed by atoms with Crippen molar-refractivity contribution in [3.8, 4) is 22.9 Å². The Balaban J connectivity index is 1.67. The van der Waals surface area contributed by atoms with Crippen molar-refractivity contribution in [3.63, 3.8) is 0 Å². The molecule has 0 fully saturated rings. The minimum atomic E-state index is 0.410. The maximum Gasteiger partial charge on any atom is 0.214 e. The lowest BCUT2D eigenvalue weighted by Gasteiger charge is -2.20. The predicted molar refractivity (Wildman–Crippen MR) is 99.2 cm³/mol. The molecule has 3 aromatic heterocycles. The number of aromatic nitrogens is 3. The van der Waals surface area contributed by atoms with E-state index in [9.17, 15) is 0 Å². The van der Waals surface area contributed by atoms with Crippen LogP contribution in [-0.4, -0.2) is 22.1 Å². The highest BCUT2D eigenvalue weighted by Gasteiger charge is 2.18. The lowest BCUT2D eigenvalue weighted by molar-refractivity contribution is 0.288. The molecule has 3 aromatic rings. The summed E-state index contributed by atoms with van der Waals surface area (Å²) in [5.41, 5.74) is 5.56. The molecule has 0 spiro atoms. The monoisotopic (exact) mass is 347 g/mol. The quantitative estimate of drug-likeness (QED) is 0.698. The Kier molecular flexibility index (Phi) is 4.78. The van der Waals surface area contributed by atoms with Gasteiger partial charge in [0, 0.05) is 35.8 Å². The van der Waals surface area contributed by atoms with E-state index in [1.54, 1.807) is 13.3 Å². The summed E-state index contributed by atoms with van der Waals surface area (Å²) in [6.45, 7) is 0.410. The van der Waals surface area contributed by atoms with Crippen LogP contribution >= 0.6 is 0 Å². The maximum absolute atomic E-state index is 5.95. The molecule has 5 nitrogen and oxygen atoms in total. The Morgan fingerprint density at radius 3 is 2.69 bits per heavy atom. The third kappa shape index (κ3) is 3.52. The van der Waals surface area contributed by atoms with Crippen LogP contribution < -0.4 is 9.47 Å². The standard InChI is InChI=1S/C21H21N3O2/c1-25-20-10-9-15(13-23-20)18-12-21(24-19-8-3-2-7-17(18)19)26-14-16-6-4-5-11-22-16/h4-6,9-13H,2-3,7-8,14H2,1H3. The second-order valence-electron chi connectivity index (χ2n) is 6.34. The van der Waals surface area contributed by atoms with Crippen LogP contribution in [0.3, 0.4) is 0 Å². The van der Waals surface area contributed by atoms with E-state index < -0.39 is 0 Å². The van der Waals surface area contributed by atoms with E-state index in [1.807, 2.05) is 42.6 Å². The van der Waals surface area contributed by atoms with E-state index in [0.717, 1.165) is 35.4 Å². The highest BCUT2D eigenvalue weighted by molar-refractivity contribution is 5.69. The minimum Gasteiger partial charge on any atom is -0.481 e. The van der Waals surface area contributed by atoms with Crippen molar-refractivity contribution in [1.29, 1.82) is 0 Å². The highest BCUT2D eigenvalue weighted by Crippen LogP contribution is 2.33. The minimum absolute atomic E-state index is 0.410. The average Bonchev–Trinajstić information content (AvgIpc) is 2.72. The lowest BCUT2D eigenvalue weighted by atomic mass is 9.90. The van der Waals surface area contributed by atoms with Gasteiger partial charge in [-0.15, -0.1) is 0 Å². The van der Waals surface area contributed by atoms with Crippen LogP contribution in [0.2, 0.25) is 0 Å². The van der Waals surface area contributed by atoms with Gasteiger partial charge in [-0.25, -0.2) is 9.97 Å². The summed E-state index contributed by atoms with van der Waals surface area (Å²) in [7, 11) is 1.62. The van der Waals surface area contributed by atoms with E-state index >= 15 is 0 Å². The van der Waals surface area contributed by atoms with Crippen molar-refractivity contribution < 1.29 is 9.47 Å². The molecule has 0 radical (unpaired) electrons. The van der Waals surface area contributed by atoms with Gasteiger partial charge in [0.05, 0.1) is 12.8 Å². The first kappa shape index (κ1) is 16.5. The predicted octanol–water partition coefficient (Wildman–Crippen LogP) is 4.01. The Labute approximate surface area is 153 Å². The fourth-order valence-corrected chi connectivity index (χ4v) is 3.30. The molecule has 0 aliphatic heterocycles. The first-order valence-corrected chi connectivity index (χ1v) is 8.89. The summed E-state index contributed by atoms with van der Waals surface area (Å²) >= 11 is 0. The van der Waals surface area contributed by atoms with Gasteiger partial charge in [0.1, 0.15) is 6.61 Å². The summed E-state index contributed by atoms with van der Waals surface area (Å²) in [6, 6.07) is 11.8. The van der Waals surface area contributed by atoms with E-state index in [4.69, 9.17) is 14.5 Å². The van der Waals surface area contributed by atoms with Gasteiger partial charge < -0.3 is 9.47 Å². The molecule has 0 atom stereocenters. The molecule has 0 bridgehead atoms. The molecule has 132 valence electrons. The zero-order valence-corrected chi connectivity index (χ0v) is 14.8. The van der Waals surface area contributed by atoms with Gasteiger partial charge in [-0.3, -0.25) is 4.98 Å². The number of fused-ring (bicyclic) bond motifs is 1. The van der Waals surface area contributed by atoms with Crippen molar-refractivity contribution in [1.82, 2.24) is 15.0 Å². The van der Waals surface area contributed by atoms with Gasteiger partial charge >= 0.3 is 0 Å². The molecular formula is C21H21N3O2. The van der Waals surface area contributed by atoms with Gasteiger partial charge in [0.2, 0.25) is 11.8 Å². The zero-order chi connectivity index (χ0) is 17.8. The summed E-state index contributed by atoms with van der Waals surface area (Å²) in [4.78, 5) is 13.4. The molecule has 5 heteroatoms. The average molecular weight is 347 g/mol. The zero-order valence-electron chi connectivity index (χ0n) is 14.8. The smallest absolute Gasteiger partial charge is 0.214 e. The number of nitrogens with zero attached hydrogens (tertiary/aromatic N) is 3. The van der Waals surface area contributed by atoms with Crippen LogP contribution in [0.25, 0.3) is 11.1 Å². The topological polar surface area (TPSA) is 57.1 Å². The SMILES string of the molecule is COc1ccc(-c2cc(OCc3ccccn3)nc3c2CCCC3)cn1. The molecule has 0 aromatic carbocycles. The third-order valence-electron chi connectivity index (χ3n) is 4.63. The van der Waals surface area contributed by atoms with Crippen molar-refractivity contribution in [2.24, 2.45) is 0 Å². The van der Waals surface area contributed by atoms with E-state index in [-0.39, 0.29) is 0 Å². The molecule has 3 heterocycles. The summed E-state index contributed by atoms with van der Waals surface area (Å²) < 4.78 is 11.1. The number of ether oxygens (including phenoxy) is 2. The molecule has 0 saturated carbocycles. The molecular weight excluding hydrogens is 326 g/mol. The Morgan fingerprint density at radius 2 is 1.92 bits per heavy atom. The van der Waals surface area contributed by atoms with E-state index in [0.29, 0.717) is 18.4 Å². The number of rotatable bonds is 5. The Hall–Kier alpha value is -2.95. The van der Waals surface area contributed by atoms with Crippen LogP contribution in [0, 0.1) is 0 Å². The van der Waals surface area contributed by atoms with Crippen molar-refractivity contribution in [3.05, 3.63) is 65.7 Å². The molecule has 1 aliphatic rings. The Bertz CT molecular complexity index is 880. The van der Waals surface area contributed by atoms with Gasteiger partial charge in [-0.05, 0) is 55.0 Å². The second kappa shape index (κ2) is 7.52. The highest BCUT2D eigenvalue weighted by atomic mass is 16.5. The van der Waals surface area contributed by atoms with E-state index in [1.165, 1.54) is 18.4 Å². The lowest BCUT2D eigenvalue weighted by Crippen LogP contribution is -2.09. The first-order chi connectivity index (χ1) is 12.8. The van der Waals surface area contributed by atoms with Gasteiger partial charge in [0.15, 0.2) is 0 Å². The number of methoxy groups -OCH3 is 1. The summed E-state index contributed by atoms with van der Waals surface area (Å²) in [5, 5.41) is 0. The van der Waals surface area contributed by atoms with Gasteiger partial charge in [0.25, 0.3) is 0 Å². The molecule has 0 unspecified atom stereocenters. The first-order valence-electron chi connectivity index (χ1n) is 8.89. The molecule has 26 heavy (non-hydrogen) atoms. The number of hydrogen-bond donors (Lipinski definition) is 0. The molecule has 0 amide bonds. The summed E-state index contributed by atoms with van der Waals surface area (Å²) in [5.74, 6) is 1.26. The molecule has 1 aliphatic carbocycles. The maximum atomic E-state index is 5.95. The fourth-order valence-electron chi connectivity index (χ4n) is 3.30. The van der Waals surface area contributed by atoms with Crippen LogP contribution in [-0.2, 0) is 19.4 Å². The van der Waals surface area contributed by atoms with Crippen LogP contribution in [0.15, 0.2) is 48.8 Å². The van der Waals surface area contributed by atoms with Crippen molar-refractivity contribution >= 4 is 0 Å². The third-order valence-corrected chi connectivity index (χ3v) is 4.63. The molecule has 0 N–H and O–H groups in total. The number of aryl methyl sites for hydroxylation is 1. The molecule has 0 saturated heterocycles. The van der Waals surface area contributed by atoms with Crippen LogP contribution in [0.5, 0.6) is 11.8 Å². The normalized spacial score (nSPS) is 13.1. The van der Waals surface area contributed by atoms with Crippen LogP contribution in [0.1, 0.15) is 29.8 Å². The van der Waals surface area contributed by atoms with E-state index in [2.05, 4.69) is 9.97 Å². The van der Waals surface area contributed by atoms with Crippen molar-refractivity contribution in [2.75, 3.05) is 7.11 Å². The largest absolute Gasteiger partial charge is 0.481 e. The number of pyridine rings is 3. The van der Waals surface area contributed by atoms with Crippen LogP contribution in [0.4, 0.5) is 0 Å². The Morgan fingerprint density at radius 1 is 1.00 bits per heavy atom. The molecule has 4 rings (SSSR count). The second-order valence-corrected chi connectivity index (χ2v) is 6.34. The van der Waals surface area contributed by atoms with Gasteiger partial charge in [-0.2, -0.15) is 0 Å².